The van der Waals surface area contributed by atoms with Crippen molar-refractivity contribution in [2.45, 2.75) is 79.6 Å². The fourth-order valence-corrected chi connectivity index (χ4v) is 7.21. The van der Waals surface area contributed by atoms with Crippen molar-refractivity contribution in [2.75, 3.05) is 0 Å². The first kappa shape index (κ1) is 36.4. The minimum Gasteiger partial charge on any atom is -0.512 e. The molecule has 1 radical (unpaired) electrons. The Morgan fingerprint density at radius 2 is 1.40 bits per heavy atom. The molecule has 5 heteroatoms. The monoisotopic (exact) mass is 799 g/mol. The van der Waals surface area contributed by atoms with Gasteiger partial charge in [0.2, 0.25) is 0 Å². The van der Waals surface area contributed by atoms with Crippen LogP contribution in [-0.2, 0) is 30.3 Å². The predicted molar refractivity (Wildman–Crippen MR) is 190 cm³/mol. The molecule has 2 heterocycles. The van der Waals surface area contributed by atoms with E-state index in [0.717, 1.165) is 42.5 Å². The van der Waals surface area contributed by atoms with Crippen molar-refractivity contribution < 1.29 is 34.6 Å². The predicted octanol–water partition coefficient (Wildman–Crippen LogP) is 11.1. The molecule has 0 bridgehead atoms. The molecule has 0 amide bonds. The van der Waals surface area contributed by atoms with Crippen molar-refractivity contribution in [3.63, 3.8) is 0 Å². The summed E-state index contributed by atoms with van der Waals surface area (Å²) in [7, 11) is 4.43. The van der Waals surface area contributed by atoms with Gasteiger partial charge in [-0.05, 0) is 42.6 Å². The number of carbonyl (C=O) groups is 1. The molecule has 241 valence electrons. The summed E-state index contributed by atoms with van der Waals surface area (Å²) in [6.45, 7) is 19.4. The van der Waals surface area contributed by atoms with E-state index in [1.165, 1.54) is 42.7 Å². The average molecular weight is 799 g/mol. The summed E-state index contributed by atoms with van der Waals surface area (Å²) in [4.78, 5) is 12.9. The Labute approximate surface area is 287 Å². The van der Waals surface area contributed by atoms with E-state index in [4.69, 9.17) is 0 Å². The van der Waals surface area contributed by atoms with Crippen LogP contribution in [0.25, 0.3) is 42.3 Å². The van der Waals surface area contributed by atoms with Crippen molar-refractivity contribution in [2.24, 2.45) is 11.8 Å². The molecule has 5 rings (SSSR count). The van der Waals surface area contributed by atoms with Crippen molar-refractivity contribution in [3.8, 4) is 11.3 Å². The Kier molecular flexibility index (Phi) is 12.5. The summed E-state index contributed by atoms with van der Waals surface area (Å²) >= 11 is 1.80. The largest absolute Gasteiger partial charge is 0.512 e. The molecule has 3 aromatic carbocycles. The quantitative estimate of drug-likeness (QED) is 0.0735. The summed E-state index contributed by atoms with van der Waals surface area (Å²) in [6.07, 6.45) is 4.91. The number of allylic oxidation sites excluding steroid dienone is 2. The molecule has 2 aromatic heterocycles. The number of nitrogens with zero attached hydrogens (tertiary/aromatic N) is 1. The molecule has 0 saturated heterocycles. The third-order valence-electron chi connectivity index (χ3n) is 8.88. The van der Waals surface area contributed by atoms with Crippen LogP contribution >= 0.6 is 11.3 Å². The Bertz CT molecular complexity index is 1800. The Balaban J connectivity index is 0.000000297. The van der Waals surface area contributed by atoms with Crippen molar-refractivity contribution in [3.05, 3.63) is 104 Å². The second-order valence-electron chi connectivity index (χ2n) is 12.7. The van der Waals surface area contributed by atoms with Crippen LogP contribution in [0.3, 0.4) is 0 Å². The topological polar surface area (TPSA) is 41.2 Å². The van der Waals surface area contributed by atoms with Gasteiger partial charge in [-0.25, -0.2) is 0 Å². The van der Waals surface area contributed by atoms with Crippen molar-refractivity contribution >= 4 is 48.2 Å². The van der Waals surface area contributed by atoms with Crippen LogP contribution in [0.15, 0.2) is 78.6 Å². The normalized spacial score (nSPS) is 12.1. The maximum atomic E-state index is 11.7. The zero-order chi connectivity index (χ0) is 32.2. The maximum Gasteiger partial charge on any atom is 0.168 e. The van der Waals surface area contributed by atoms with Gasteiger partial charge in [0, 0.05) is 55.2 Å². The van der Waals surface area contributed by atoms with E-state index in [1.807, 2.05) is 27.7 Å². The van der Waals surface area contributed by atoms with Crippen LogP contribution in [-0.4, -0.2) is 10.9 Å². The molecular weight excluding hydrogens is 751 g/mol. The van der Waals surface area contributed by atoms with Gasteiger partial charge in [-0.3, -0.25) is 4.79 Å². The maximum absolute atomic E-state index is 11.7. The standard InChI is InChI=1S/C27H24NS.C13H24O2.Ir/c1-17-18-10-6-7-11-19(18)23(27(2,3)4)16-22(17)24-15-14-21-20-12-8-9-13-25(20)29-26(21)28(24)5;1-5-10(6-2)12(14)9-13(15)11(7-3)8-4;/h6-16H,1,5H2,2-4H3;9-11,14H,5-8H2,1-4H3;/q-1;;/b;12-9-;. The van der Waals surface area contributed by atoms with Gasteiger partial charge in [-0.15, -0.1) is 34.4 Å². The summed E-state index contributed by atoms with van der Waals surface area (Å²) in [5.74, 6) is 0.547. The number of hydrogen-bond donors (Lipinski definition) is 1. The zero-order valence-electron chi connectivity index (χ0n) is 27.9. The van der Waals surface area contributed by atoms with Gasteiger partial charge in [0.15, 0.2) is 10.6 Å². The van der Waals surface area contributed by atoms with Crippen LogP contribution in [0.2, 0.25) is 0 Å². The minimum atomic E-state index is 0. The molecule has 45 heavy (non-hydrogen) atoms. The van der Waals surface area contributed by atoms with Gasteiger partial charge in [-0.2, -0.15) is 12.5 Å². The van der Waals surface area contributed by atoms with Gasteiger partial charge in [0.25, 0.3) is 0 Å². The Morgan fingerprint density at radius 1 is 0.844 bits per heavy atom. The number of benzene rings is 3. The van der Waals surface area contributed by atoms with Crippen LogP contribution in [0.5, 0.6) is 0 Å². The van der Waals surface area contributed by atoms with E-state index < -0.39 is 0 Å². The third kappa shape index (κ3) is 7.65. The average Bonchev–Trinajstić information content (AvgIpc) is 3.39. The van der Waals surface area contributed by atoms with E-state index in [9.17, 15) is 9.90 Å². The molecule has 0 spiro atoms. The first-order chi connectivity index (χ1) is 21.0. The molecule has 0 fully saturated rings. The fourth-order valence-electron chi connectivity index (χ4n) is 6.07. The summed E-state index contributed by atoms with van der Waals surface area (Å²) in [5, 5.41) is 14.8. The smallest absolute Gasteiger partial charge is 0.168 e. The number of thiophene rings is 1. The number of aliphatic hydroxyl groups excluding tert-OH is 1. The van der Waals surface area contributed by atoms with Gasteiger partial charge >= 0.3 is 0 Å². The number of pyridine rings is 1. The number of carbonyl (C=O) groups excluding carboxylic acids is 1. The number of fused-ring (bicyclic) bond motifs is 4. The second-order valence-corrected chi connectivity index (χ2v) is 13.7. The molecule has 0 aliphatic carbocycles. The van der Waals surface area contributed by atoms with Crippen LogP contribution in [0, 0.1) is 25.8 Å². The van der Waals surface area contributed by atoms with Crippen LogP contribution in [0.1, 0.15) is 85.3 Å². The zero-order valence-corrected chi connectivity index (χ0v) is 31.1. The number of hydrogen-bond acceptors (Lipinski definition) is 3. The molecule has 1 N–H and O–H groups in total. The van der Waals surface area contributed by atoms with E-state index in [2.05, 4.69) is 106 Å². The summed E-state index contributed by atoms with van der Waals surface area (Å²) in [5.41, 5.74) is 4.70. The molecule has 3 nitrogen and oxygen atoms in total. The number of aliphatic hydroxyl groups is 1. The van der Waals surface area contributed by atoms with Crippen LogP contribution < -0.4 is 4.57 Å². The van der Waals surface area contributed by atoms with E-state index in [0.29, 0.717) is 0 Å². The molecule has 0 saturated carbocycles. The molecule has 5 aromatic rings. The molecule has 0 aliphatic heterocycles. The molecule has 0 unspecified atom stereocenters. The first-order valence-electron chi connectivity index (χ1n) is 16.0. The van der Waals surface area contributed by atoms with E-state index in [-0.39, 0.29) is 48.9 Å². The fraction of sp³-hybridized carbons (Fsp3) is 0.350. The third-order valence-corrected chi connectivity index (χ3v) is 10.1. The minimum absolute atomic E-state index is 0. The molecule has 0 atom stereocenters. The van der Waals surface area contributed by atoms with E-state index >= 15 is 0 Å². The first-order valence-corrected chi connectivity index (χ1v) is 16.8. The van der Waals surface area contributed by atoms with Crippen LogP contribution in [0.4, 0.5) is 0 Å². The van der Waals surface area contributed by atoms with Gasteiger partial charge in [0.1, 0.15) is 0 Å². The number of rotatable bonds is 8. The van der Waals surface area contributed by atoms with Crippen molar-refractivity contribution in [1.29, 1.82) is 0 Å². The molecular formula is C40H48IrNO2S-. The van der Waals surface area contributed by atoms with Gasteiger partial charge < -0.3 is 9.67 Å². The van der Waals surface area contributed by atoms with Gasteiger partial charge in [-0.1, -0.05) is 108 Å². The Hall–Kier alpha value is -3.11. The van der Waals surface area contributed by atoms with E-state index in [1.54, 1.807) is 11.3 Å². The molecule has 0 aliphatic rings. The number of aromatic nitrogens is 1. The summed E-state index contributed by atoms with van der Waals surface area (Å²) < 4.78 is 3.38. The van der Waals surface area contributed by atoms with Crippen molar-refractivity contribution in [1.82, 2.24) is 0 Å². The number of ketones is 1. The SMILES string of the molecule is CCC(CC)C(=O)/C=C(\O)C(CC)CC.[CH2-]c1c(-c2ccc3c4ccccc4sc3[n+]2[CH2-])cc(C(C)(C)C)c2ccccc12.[Ir]. The second kappa shape index (κ2) is 15.5. The summed E-state index contributed by atoms with van der Waals surface area (Å²) in [6, 6.07) is 23.9. The van der Waals surface area contributed by atoms with Gasteiger partial charge in [0.05, 0.1) is 11.5 Å². The Morgan fingerprint density at radius 3 is 1.98 bits per heavy atom.